The van der Waals surface area contributed by atoms with Crippen molar-refractivity contribution in [2.45, 2.75) is 40.5 Å². The molecule has 0 aliphatic carbocycles. The zero-order chi connectivity index (χ0) is 18.7. The van der Waals surface area contributed by atoms with Gasteiger partial charge in [0.15, 0.2) is 0 Å². The van der Waals surface area contributed by atoms with Crippen LogP contribution in [0.5, 0.6) is 0 Å². The maximum absolute atomic E-state index is 12.9. The van der Waals surface area contributed by atoms with Gasteiger partial charge in [-0.1, -0.05) is 22.0 Å². The van der Waals surface area contributed by atoms with E-state index in [0.717, 1.165) is 38.1 Å². The van der Waals surface area contributed by atoms with Crippen LogP contribution in [0, 0.1) is 27.7 Å². The van der Waals surface area contributed by atoms with E-state index in [0.29, 0.717) is 0 Å². The lowest BCUT2D eigenvalue weighted by atomic mass is 10.1. The monoisotopic (exact) mass is 402 g/mol. The first-order chi connectivity index (χ1) is 11.7. The zero-order valence-electron chi connectivity index (χ0n) is 15.0. The van der Waals surface area contributed by atoms with Gasteiger partial charge in [-0.25, -0.2) is 0 Å². The Morgan fingerprint density at radius 2 is 1.36 bits per heavy atom. The highest BCUT2D eigenvalue weighted by atomic mass is 79.9. The maximum Gasteiger partial charge on any atom is 0.232 e. The molecule has 2 rings (SSSR count). The standard InChI is InChI=1S/C20H23BrN2O2/c1-12-7-13(2)9-16(8-12)23(19(25)6-5-18(22)24)17-10-14(3)20(21)15(4)11-17/h7-11H,5-6H2,1-4H3,(H2,22,24). The van der Waals surface area contributed by atoms with Crippen molar-refractivity contribution >= 4 is 39.1 Å². The van der Waals surface area contributed by atoms with E-state index in [1.54, 1.807) is 4.90 Å². The number of halogens is 1. The van der Waals surface area contributed by atoms with E-state index >= 15 is 0 Å². The van der Waals surface area contributed by atoms with Crippen LogP contribution in [0.25, 0.3) is 0 Å². The fraction of sp³-hybridized carbons (Fsp3) is 0.300. The van der Waals surface area contributed by atoms with Crippen molar-refractivity contribution < 1.29 is 9.59 Å². The van der Waals surface area contributed by atoms with Crippen LogP contribution < -0.4 is 10.6 Å². The Morgan fingerprint density at radius 1 is 0.880 bits per heavy atom. The quantitative estimate of drug-likeness (QED) is 0.792. The van der Waals surface area contributed by atoms with E-state index in [4.69, 9.17) is 5.73 Å². The van der Waals surface area contributed by atoms with Gasteiger partial charge >= 0.3 is 0 Å². The number of nitrogens with zero attached hydrogens (tertiary/aromatic N) is 1. The average Bonchev–Trinajstić information content (AvgIpc) is 2.49. The molecule has 0 unspecified atom stereocenters. The second-order valence-electron chi connectivity index (χ2n) is 6.43. The van der Waals surface area contributed by atoms with Crippen LogP contribution in [0.15, 0.2) is 34.8 Å². The summed E-state index contributed by atoms with van der Waals surface area (Å²) in [5, 5.41) is 0. The molecule has 0 aliphatic heterocycles. The number of hydrogen-bond acceptors (Lipinski definition) is 2. The summed E-state index contributed by atoms with van der Waals surface area (Å²) in [6.45, 7) is 7.99. The molecule has 2 N–H and O–H groups in total. The molecule has 2 aromatic rings. The Kier molecular flexibility index (Phi) is 6.01. The minimum absolute atomic E-state index is 0.0363. The van der Waals surface area contributed by atoms with Crippen molar-refractivity contribution in [1.82, 2.24) is 0 Å². The summed E-state index contributed by atoms with van der Waals surface area (Å²) in [6, 6.07) is 9.95. The molecule has 25 heavy (non-hydrogen) atoms. The second kappa shape index (κ2) is 7.83. The van der Waals surface area contributed by atoms with E-state index < -0.39 is 5.91 Å². The SMILES string of the molecule is Cc1cc(C)cc(N(C(=O)CCC(N)=O)c2cc(C)c(Br)c(C)c2)c1. The fourth-order valence-electron chi connectivity index (χ4n) is 2.91. The third kappa shape index (κ3) is 4.69. The molecule has 0 fully saturated rings. The molecule has 0 bridgehead atoms. The Balaban J connectivity index is 2.55. The number of amides is 2. The zero-order valence-corrected chi connectivity index (χ0v) is 16.6. The molecule has 0 saturated carbocycles. The number of carbonyl (C=O) groups excluding carboxylic acids is 2. The van der Waals surface area contributed by atoms with Crippen molar-refractivity contribution in [2.24, 2.45) is 5.73 Å². The maximum atomic E-state index is 12.9. The first kappa shape index (κ1) is 19.2. The van der Waals surface area contributed by atoms with Gasteiger partial charge in [0, 0.05) is 28.7 Å². The van der Waals surface area contributed by atoms with E-state index in [1.165, 1.54) is 0 Å². The number of rotatable bonds is 5. The summed E-state index contributed by atoms with van der Waals surface area (Å²) in [4.78, 5) is 25.7. The van der Waals surface area contributed by atoms with Gasteiger partial charge in [0.05, 0.1) is 0 Å². The minimum atomic E-state index is -0.475. The average molecular weight is 403 g/mol. The van der Waals surface area contributed by atoms with Crippen LogP contribution in [0.1, 0.15) is 35.1 Å². The predicted octanol–water partition coefficient (Wildman–Crippen LogP) is 4.61. The Morgan fingerprint density at radius 3 is 1.84 bits per heavy atom. The summed E-state index contributed by atoms with van der Waals surface area (Å²) in [7, 11) is 0. The predicted molar refractivity (Wildman–Crippen MR) is 105 cm³/mol. The lowest BCUT2D eigenvalue weighted by Gasteiger charge is -2.25. The molecule has 2 aromatic carbocycles. The van der Waals surface area contributed by atoms with Gasteiger partial charge in [-0.2, -0.15) is 0 Å². The smallest absolute Gasteiger partial charge is 0.232 e. The molecular formula is C20H23BrN2O2. The van der Waals surface area contributed by atoms with Crippen LogP contribution in [0.4, 0.5) is 11.4 Å². The number of anilines is 2. The summed E-state index contributed by atoms with van der Waals surface area (Å²) in [5.74, 6) is -0.623. The van der Waals surface area contributed by atoms with Crippen molar-refractivity contribution in [1.29, 1.82) is 0 Å². The minimum Gasteiger partial charge on any atom is -0.370 e. The molecule has 2 amide bonds. The van der Waals surface area contributed by atoms with Gasteiger partial charge in [0.1, 0.15) is 0 Å². The topological polar surface area (TPSA) is 63.4 Å². The molecule has 4 nitrogen and oxygen atoms in total. The number of benzene rings is 2. The Bertz CT molecular complexity index is 787. The molecule has 0 aliphatic rings. The highest BCUT2D eigenvalue weighted by molar-refractivity contribution is 9.10. The van der Waals surface area contributed by atoms with Gasteiger partial charge in [0.2, 0.25) is 11.8 Å². The van der Waals surface area contributed by atoms with E-state index in [2.05, 4.69) is 22.0 Å². The third-order valence-corrected chi connectivity index (χ3v) is 5.23. The molecule has 0 aromatic heterocycles. The van der Waals surface area contributed by atoms with Crippen LogP contribution in [-0.2, 0) is 9.59 Å². The van der Waals surface area contributed by atoms with Gasteiger partial charge in [-0.05, 0) is 74.2 Å². The summed E-state index contributed by atoms with van der Waals surface area (Å²) in [6.07, 6.45) is 0.116. The van der Waals surface area contributed by atoms with Crippen LogP contribution >= 0.6 is 15.9 Å². The van der Waals surface area contributed by atoms with E-state index in [-0.39, 0.29) is 18.7 Å². The Labute approximate surface area is 157 Å². The van der Waals surface area contributed by atoms with Crippen molar-refractivity contribution in [3.63, 3.8) is 0 Å². The van der Waals surface area contributed by atoms with Crippen molar-refractivity contribution in [3.8, 4) is 0 Å². The molecular weight excluding hydrogens is 380 g/mol. The highest BCUT2D eigenvalue weighted by Crippen LogP contribution is 2.33. The molecule has 0 heterocycles. The van der Waals surface area contributed by atoms with Gasteiger partial charge in [-0.15, -0.1) is 0 Å². The Hall–Kier alpha value is -2.14. The number of nitrogens with two attached hydrogens (primary N) is 1. The molecule has 0 radical (unpaired) electrons. The van der Waals surface area contributed by atoms with Gasteiger partial charge in [-0.3, -0.25) is 14.5 Å². The first-order valence-corrected chi connectivity index (χ1v) is 8.94. The van der Waals surface area contributed by atoms with Crippen LogP contribution in [-0.4, -0.2) is 11.8 Å². The van der Waals surface area contributed by atoms with Crippen molar-refractivity contribution in [2.75, 3.05) is 4.90 Å². The van der Waals surface area contributed by atoms with Crippen LogP contribution in [0.3, 0.4) is 0 Å². The third-order valence-electron chi connectivity index (χ3n) is 3.98. The molecule has 0 atom stereocenters. The van der Waals surface area contributed by atoms with E-state index in [1.807, 2.05) is 52.0 Å². The molecule has 132 valence electrons. The lowest BCUT2D eigenvalue weighted by Crippen LogP contribution is -2.27. The molecule has 0 saturated heterocycles. The second-order valence-corrected chi connectivity index (χ2v) is 7.23. The summed E-state index contributed by atoms with van der Waals surface area (Å²) in [5.41, 5.74) is 11.1. The highest BCUT2D eigenvalue weighted by Gasteiger charge is 2.20. The van der Waals surface area contributed by atoms with E-state index in [9.17, 15) is 9.59 Å². The van der Waals surface area contributed by atoms with Crippen LogP contribution in [0.2, 0.25) is 0 Å². The van der Waals surface area contributed by atoms with Gasteiger partial charge in [0.25, 0.3) is 0 Å². The number of carbonyl (C=O) groups is 2. The first-order valence-electron chi connectivity index (χ1n) is 8.15. The number of primary amides is 1. The largest absolute Gasteiger partial charge is 0.370 e. The van der Waals surface area contributed by atoms with Crippen molar-refractivity contribution in [3.05, 3.63) is 57.1 Å². The number of hydrogen-bond donors (Lipinski definition) is 1. The summed E-state index contributed by atoms with van der Waals surface area (Å²) < 4.78 is 1.03. The molecule has 0 spiro atoms. The fourth-order valence-corrected chi connectivity index (χ4v) is 3.14. The summed E-state index contributed by atoms with van der Waals surface area (Å²) >= 11 is 3.56. The normalized spacial score (nSPS) is 10.6. The van der Waals surface area contributed by atoms with Gasteiger partial charge < -0.3 is 5.73 Å². The lowest BCUT2D eigenvalue weighted by molar-refractivity contribution is -0.123. The molecule has 5 heteroatoms. The number of aryl methyl sites for hydroxylation is 4.